The summed E-state index contributed by atoms with van der Waals surface area (Å²) in [6.07, 6.45) is 1.21. The van der Waals surface area contributed by atoms with E-state index in [0.717, 1.165) is 17.8 Å². The first-order valence-corrected chi connectivity index (χ1v) is 5.89. The lowest BCUT2D eigenvalue weighted by molar-refractivity contribution is 0.0695. The number of aromatic carboxylic acids is 1. The van der Waals surface area contributed by atoms with Gasteiger partial charge in [-0.2, -0.15) is 0 Å². The fourth-order valence-electron chi connectivity index (χ4n) is 1.29. The van der Waals surface area contributed by atoms with Crippen molar-refractivity contribution in [2.45, 2.75) is 17.2 Å². The molecule has 19 heavy (non-hydrogen) atoms. The Kier molecular flexibility index (Phi) is 3.47. The first-order chi connectivity index (χ1) is 8.95. The third-order valence-electron chi connectivity index (χ3n) is 2.12. The van der Waals surface area contributed by atoms with Crippen LogP contribution in [-0.2, 0) is 0 Å². The number of hydrogen-bond donors (Lipinski definition) is 3. The van der Waals surface area contributed by atoms with Crippen LogP contribution < -0.4 is 11.3 Å². The zero-order valence-electron chi connectivity index (χ0n) is 9.75. The summed E-state index contributed by atoms with van der Waals surface area (Å²) in [5, 5.41) is 9.37. The number of carbonyl (C=O) groups is 1. The molecule has 0 fully saturated rings. The van der Waals surface area contributed by atoms with E-state index in [1.807, 2.05) is 0 Å². The summed E-state index contributed by atoms with van der Waals surface area (Å²) >= 11 is 0.989. The molecule has 98 valence electrons. The molecule has 0 aliphatic rings. The maximum Gasteiger partial charge on any atom is 0.339 e. The van der Waals surface area contributed by atoms with Crippen LogP contribution in [0.5, 0.6) is 0 Å². The van der Waals surface area contributed by atoms with Gasteiger partial charge >= 0.3 is 5.97 Å². The van der Waals surface area contributed by atoms with E-state index in [9.17, 15) is 9.59 Å². The molecule has 2 aromatic heterocycles. The predicted molar refractivity (Wildman–Crippen MR) is 67.1 cm³/mol. The van der Waals surface area contributed by atoms with Crippen LogP contribution in [0.2, 0.25) is 0 Å². The number of anilines is 1. The van der Waals surface area contributed by atoms with E-state index in [2.05, 4.69) is 19.9 Å². The van der Waals surface area contributed by atoms with Gasteiger partial charge < -0.3 is 15.8 Å². The minimum absolute atomic E-state index is 0.0263. The quantitative estimate of drug-likeness (QED) is 0.683. The van der Waals surface area contributed by atoms with Crippen LogP contribution in [0.4, 0.5) is 5.82 Å². The summed E-state index contributed by atoms with van der Waals surface area (Å²) in [7, 11) is 0. The smallest absolute Gasteiger partial charge is 0.339 e. The molecule has 0 aromatic carbocycles. The number of nitrogens with two attached hydrogens (primary N) is 1. The molecule has 0 unspecified atom stereocenters. The summed E-state index contributed by atoms with van der Waals surface area (Å²) in [5.74, 6) is -1.00. The van der Waals surface area contributed by atoms with Gasteiger partial charge in [-0.25, -0.2) is 19.7 Å². The van der Waals surface area contributed by atoms with Crippen molar-refractivity contribution in [3.8, 4) is 0 Å². The molecule has 0 spiro atoms. The minimum atomic E-state index is -1.09. The van der Waals surface area contributed by atoms with Gasteiger partial charge in [-0.1, -0.05) is 0 Å². The van der Waals surface area contributed by atoms with E-state index in [0.29, 0.717) is 5.69 Å². The monoisotopic (exact) mass is 279 g/mol. The number of carboxylic acids is 1. The summed E-state index contributed by atoms with van der Waals surface area (Å²) in [5.41, 5.74) is 5.42. The summed E-state index contributed by atoms with van der Waals surface area (Å²) in [6, 6.07) is 1.16. The highest BCUT2D eigenvalue weighted by molar-refractivity contribution is 7.99. The van der Waals surface area contributed by atoms with Crippen molar-refractivity contribution in [1.29, 1.82) is 0 Å². The Morgan fingerprint density at radius 1 is 1.47 bits per heavy atom. The maximum atomic E-state index is 11.2. The number of hydrogen-bond acceptors (Lipinski definition) is 7. The topological polar surface area (TPSA) is 135 Å². The van der Waals surface area contributed by atoms with E-state index >= 15 is 0 Å². The molecular formula is C10H9N5O3S. The van der Waals surface area contributed by atoms with Crippen LogP contribution in [0.3, 0.4) is 0 Å². The zero-order valence-corrected chi connectivity index (χ0v) is 10.6. The molecule has 0 radical (unpaired) electrons. The number of aromatic amines is 1. The van der Waals surface area contributed by atoms with Crippen molar-refractivity contribution in [2.75, 3.05) is 5.73 Å². The highest BCUT2D eigenvalue weighted by Crippen LogP contribution is 2.21. The molecule has 2 heterocycles. The molecule has 2 rings (SSSR count). The van der Waals surface area contributed by atoms with Crippen molar-refractivity contribution in [3.63, 3.8) is 0 Å². The van der Waals surface area contributed by atoms with Gasteiger partial charge in [0.2, 0.25) is 0 Å². The first kappa shape index (κ1) is 13.0. The summed E-state index contributed by atoms with van der Waals surface area (Å²) in [6.45, 7) is 1.56. The highest BCUT2D eigenvalue weighted by atomic mass is 32.2. The third-order valence-corrected chi connectivity index (χ3v) is 2.88. The van der Waals surface area contributed by atoms with Gasteiger partial charge in [0.15, 0.2) is 10.3 Å². The minimum Gasteiger partial charge on any atom is -0.478 e. The fraction of sp³-hybridized carbons (Fsp3) is 0.100. The molecule has 0 saturated heterocycles. The fourth-order valence-corrected chi connectivity index (χ4v) is 2.06. The third kappa shape index (κ3) is 3.07. The van der Waals surface area contributed by atoms with Crippen LogP contribution in [0, 0.1) is 6.92 Å². The second kappa shape index (κ2) is 5.06. The molecular weight excluding hydrogens is 270 g/mol. The van der Waals surface area contributed by atoms with Crippen molar-refractivity contribution in [1.82, 2.24) is 19.9 Å². The largest absolute Gasteiger partial charge is 0.478 e. The Labute approximate surface area is 111 Å². The van der Waals surface area contributed by atoms with E-state index in [-0.39, 0.29) is 27.3 Å². The Balaban J connectivity index is 2.31. The van der Waals surface area contributed by atoms with Crippen molar-refractivity contribution in [3.05, 3.63) is 33.9 Å². The summed E-state index contributed by atoms with van der Waals surface area (Å²) in [4.78, 5) is 36.3. The van der Waals surface area contributed by atoms with Gasteiger partial charge in [-0.3, -0.25) is 4.79 Å². The average Bonchev–Trinajstić information content (AvgIpc) is 2.26. The van der Waals surface area contributed by atoms with Crippen molar-refractivity contribution >= 4 is 23.5 Å². The van der Waals surface area contributed by atoms with Gasteiger partial charge in [0.1, 0.15) is 5.82 Å². The van der Waals surface area contributed by atoms with Gasteiger partial charge in [-0.05, 0) is 18.7 Å². The number of nitrogens with zero attached hydrogens (tertiary/aromatic N) is 3. The van der Waals surface area contributed by atoms with Crippen LogP contribution in [-0.4, -0.2) is 31.0 Å². The van der Waals surface area contributed by atoms with Gasteiger partial charge in [-0.15, -0.1) is 0 Å². The Hall–Kier alpha value is -2.42. The number of carboxylic acid groups (broad SMARTS) is 1. The van der Waals surface area contributed by atoms with Crippen LogP contribution in [0.1, 0.15) is 16.1 Å². The van der Waals surface area contributed by atoms with E-state index in [4.69, 9.17) is 10.8 Å². The lowest BCUT2D eigenvalue weighted by atomic mass is 10.2. The number of H-pyrrole nitrogens is 1. The predicted octanol–water partition coefficient (Wildman–Crippen LogP) is 0.300. The highest BCUT2D eigenvalue weighted by Gasteiger charge is 2.11. The standard InChI is InChI=1S/C10H9N5O3S/c1-4-5(8(17)18)3-12-9(13-4)19-10-14-6(11)2-7(16)15-10/h2-3H,1H3,(H,17,18)(H3,11,14,15,16). The lowest BCUT2D eigenvalue weighted by Gasteiger charge is -2.03. The molecule has 0 bridgehead atoms. The van der Waals surface area contributed by atoms with Crippen LogP contribution in [0.25, 0.3) is 0 Å². The van der Waals surface area contributed by atoms with Crippen LogP contribution in [0.15, 0.2) is 27.4 Å². The lowest BCUT2D eigenvalue weighted by Crippen LogP contribution is -2.10. The molecule has 2 aromatic rings. The number of aryl methyl sites for hydroxylation is 1. The second-order valence-electron chi connectivity index (χ2n) is 3.53. The Morgan fingerprint density at radius 3 is 2.79 bits per heavy atom. The van der Waals surface area contributed by atoms with Gasteiger partial charge in [0, 0.05) is 12.3 Å². The second-order valence-corrected chi connectivity index (χ2v) is 4.49. The van der Waals surface area contributed by atoms with Gasteiger partial charge in [0.05, 0.1) is 11.3 Å². The molecule has 8 nitrogen and oxygen atoms in total. The molecule has 0 aliphatic carbocycles. The van der Waals surface area contributed by atoms with Crippen LogP contribution >= 0.6 is 11.8 Å². The molecule has 0 atom stereocenters. The SMILES string of the molecule is Cc1nc(Sc2nc(N)cc(=O)[nH]2)ncc1C(=O)O. The molecule has 4 N–H and O–H groups in total. The molecule has 0 saturated carbocycles. The number of rotatable bonds is 3. The van der Waals surface area contributed by atoms with Crippen molar-refractivity contribution < 1.29 is 9.90 Å². The maximum absolute atomic E-state index is 11.2. The Morgan fingerprint density at radius 2 is 2.21 bits per heavy atom. The van der Waals surface area contributed by atoms with Crippen molar-refractivity contribution in [2.24, 2.45) is 0 Å². The zero-order chi connectivity index (χ0) is 14.0. The molecule has 0 aliphatic heterocycles. The van der Waals surface area contributed by atoms with E-state index in [1.54, 1.807) is 6.92 Å². The molecule has 9 heteroatoms. The van der Waals surface area contributed by atoms with E-state index < -0.39 is 5.97 Å². The number of nitrogen functional groups attached to an aromatic ring is 1. The summed E-state index contributed by atoms with van der Waals surface area (Å²) < 4.78 is 0. The number of aromatic nitrogens is 4. The van der Waals surface area contributed by atoms with Gasteiger partial charge in [0.25, 0.3) is 5.56 Å². The van der Waals surface area contributed by atoms with E-state index in [1.165, 1.54) is 6.20 Å². The first-order valence-electron chi connectivity index (χ1n) is 5.07. The molecule has 0 amide bonds. The number of nitrogens with one attached hydrogen (secondary N) is 1. The Bertz CT molecular complexity index is 700. The average molecular weight is 279 g/mol. The normalized spacial score (nSPS) is 10.4.